The van der Waals surface area contributed by atoms with E-state index in [1.807, 2.05) is 0 Å². The van der Waals surface area contributed by atoms with E-state index in [2.05, 4.69) is 0 Å². The summed E-state index contributed by atoms with van der Waals surface area (Å²) in [4.78, 5) is 0. The van der Waals surface area contributed by atoms with Crippen LogP contribution in [0.15, 0.2) is 18.5 Å². The van der Waals surface area contributed by atoms with Gasteiger partial charge in [0.15, 0.2) is 0 Å². The normalized spacial score (nSPS) is 12.3. The highest BCUT2D eigenvalue weighted by Gasteiger charge is 2.20. The van der Waals surface area contributed by atoms with Crippen LogP contribution in [0.25, 0.3) is 5.57 Å². The smallest absolute Gasteiger partial charge is 0.215 e. The van der Waals surface area contributed by atoms with Crippen LogP contribution in [-0.4, -0.2) is 6.43 Å². The molecule has 0 nitrogen and oxygen atoms in total. The molecule has 0 spiro atoms. The van der Waals surface area contributed by atoms with E-state index < -0.39 is 28.4 Å². The zero-order chi connectivity index (χ0) is 11.6. The van der Waals surface area contributed by atoms with Crippen LogP contribution in [0.5, 0.6) is 0 Å². The Bertz CT molecular complexity index is 401. The minimum Gasteiger partial charge on any atom is -0.215 e. The molecular weight excluding hydrogens is 255 g/mol. The Morgan fingerprint density at radius 3 is 2.33 bits per heavy atom. The highest BCUT2D eigenvalue weighted by atomic mass is 35.5. The number of benzene rings is 1. The molecule has 0 aliphatic rings. The molecule has 6 heteroatoms. The molecule has 0 N–H and O–H groups in total. The van der Waals surface area contributed by atoms with Gasteiger partial charge in [-0.2, -0.15) is 0 Å². The first-order chi connectivity index (χ1) is 6.97. The molecular formula is C9H4Cl2F4. The van der Waals surface area contributed by atoms with Crippen LogP contribution >= 0.6 is 23.2 Å². The first-order valence-electron chi connectivity index (χ1n) is 3.70. The summed E-state index contributed by atoms with van der Waals surface area (Å²) in [6, 6.07) is 1.93. The zero-order valence-electron chi connectivity index (χ0n) is 7.08. The average Bonchev–Trinajstić information content (AvgIpc) is 2.13. The highest BCUT2D eigenvalue weighted by Crippen LogP contribution is 2.31. The van der Waals surface area contributed by atoms with Crippen molar-refractivity contribution in [3.63, 3.8) is 0 Å². The molecule has 0 saturated carbocycles. The van der Waals surface area contributed by atoms with E-state index in [9.17, 15) is 17.6 Å². The SMILES string of the molecule is FC=C(c1cc(Cl)cc(Cl)c1F)C(F)F. The maximum Gasteiger partial charge on any atom is 0.266 e. The van der Waals surface area contributed by atoms with Crippen LogP contribution in [0.1, 0.15) is 5.56 Å². The number of halogens is 6. The van der Waals surface area contributed by atoms with E-state index in [1.54, 1.807) is 0 Å². The molecule has 0 unspecified atom stereocenters. The van der Waals surface area contributed by atoms with Crippen LogP contribution in [0.2, 0.25) is 10.0 Å². The largest absolute Gasteiger partial charge is 0.266 e. The molecule has 1 rings (SSSR count). The highest BCUT2D eigenvalue weighted by molar-refractivity contribution is 6.35. The summed E-state index contributed by atoms with van der Waals surface area (Å²) in [5.74, 6) is -1.12. The van der Waals surface area contributed by atoms with Gasteiger partial charge in [0.25, 0.3) is 6.43 Å². The van der Waals surface area contributed by atoms with Crippen LogP contribution in [0.4, 0.5) is 17.6 Å². The van der Waals surface area contributed by atoms with Crippen molar-refractivity contribution in [3.05, 3.63) is 39.9 Å². The second kappa shape index (κ2) is 4.86. The van der Waals surface area contributed by atoms with Crippen molar-refractivity contribution in [1.29, 1.82) is 0 Å². The first kappa shape index (κ1) is 12.3. The van der Waals surface area contributed by atoms with Crippen molar-refractivity contribution >= 4 is 28.8 Å². The van der Waals surface area contributed by atoms with Crippen molar-refractivity contribution < 1.29 is 17.6 Å². The van der Waals surface area contributed by atoms with E-state index in [0.717, 1.165) is 12.1 Å². The Balaban J connectivity index is 3.36. The maximum absolute atomic E-state index is 13.2. The summed E-state index contributed by atoms with van der Waals surface area (Å²) in [6.45, 7) is 0. The van der Waals surface area contributed by atoms with Crippen molar-refractivity contribution in [2.75, 3.05) is 0 Å². The summed E-state index contributed by atoms with van der Waals surface area (Å²) in [7, 11) is 0. The Morgan fingerprint density at radius 1 is 1.27 bits per heavy atom. The van der Waals surface area contributed by atoms with Gasteiger partial charge in [-0.15, -0.1) is 0 Å². The average molecular weight is 259 g/mol. The van der Waals surface area contributed by atoms with Gasteiger partial charge >= 0.3 is 0 Å². The van der Waals surface area contributed by atoms with Gasteiger partial charge in [-0.05, 0) is 12.1 Å². The lowest BCUT2D eigenvalue weighted by Gasteiger charge is -2.07. The topological polar surface area (TPSA) is 0 Å². The maximum atomic E-state index is 13.2. The lowest BCUT2D eigenvalue weighted by molar-refractivity contribution is 0.213. The van der Waals surface area contributed by atoms with Gasteiger partial charge in [-0.25, -0.2) is 17.6 Å². The van der Waals surface area contributed by atoms with Crippen molar-refractivity contribution in [3.8, 4) is 0 Å². The predicted molar refractivity (Wildman–Crippen MR) is 51.5 cm³/mol. The minimum absolute atomic E-state index is 0.0450. The summed E-state index contributed by atoms with van der Waals surface area (Å²) >= 11 is 10.9. The van der Waals surface area contributed by atoms with Gasteiger partial charge < -0.3 is 0 Å². The van der Waals surface area contributed by atoms with E-state index in [4.69, 9.17) is 23.2 Å². The van der Waals surface area contributed by atoms with Gasteiger partial charge in [-0.3, -0.25) is 0 Å². The van der Waals surface area contributed by atoms with Crippen LogP contribution < -0.4 is 0 Å². The van der Waals surface area contributed by atoms with Crippen molar-refractivity contribution in [2.24, 2.45) is 0 Å². The van der Waals surface area contributed by atoms with Gasteiger partial charge in [0.05, 0.1) is 16.9 Å². The van der Waals surface area contributed by atoms with Gasteiger partial charge in [0.2, 0.25) is 0 Å². The van der Waals surface area contributed by atoms with Crippen LogP contribution in [0, 0.1) is 5.82 Å². The molecule has 0 heterocycles. The van der Waals surface area contributed by atoms with Gasteiger partial charge in [0, 0.05) is 10.6 Å². The third-order valence-electron chi connectivity index (χ3n) is 1.66. The summed E-state index contributed by atoms with van der Waals surface area (Å²) < 4.78 is 49.9. The quantitative estimate of drug-likeness (QED) is 0.533. The minimum atomic E-state index is -3.14. The fourth-order valence-corrected chi connectivity index (χ4v) is 1.48. The number of alkyl halides is 2. The van der Waals surface area contributed by atoms with Gasteiger partial charge in [0.1, 0.15) is 5.82 Å². The summed E-state index contributed by atoms with van der Waals surface area (Å²) in [6.07, 6.45) is -3.51. The van der Waals surface area contributed by atoms with E-state index in [0.29, 0.717) is 0 Å². The molecule has 0 atom stereocenters. The lowest BCUT2D eigenvalue weighted by Crippen LogP contribution is -1.99. The second-order valence-corrected chi connectivity index (χ2v) is 3.46. The lowest BCUT2D eigenvalue weighted by atomic mass is 10.1. The molecule has 0 aliphatic carbocycles. The van der Waals surface area contributed by atoms with E-state index in [1.165, 1.54) is 0 Å². The molecule has 0 bridgehead atoms. The van der Waals surface area contributed by atoms with Crippen LogP contribution in [-0.2, 0) is 0 Å². The Hall–Kier alpha value is -0.740. The predicted octanol–water partition coefficient (Wildman–Crippen LogP) is 4.71. The molecule has 0 aliphatic heterocycles. The molecule has 1 aromatic carbocycles. The Labute approximate surface area is 93.1 Å². The summed E-state index contributed by atoms with van der Waals surface area (Å²) in [5.41, 5.74) is -1.72. The molecule has 82 valence electrons. The molecule has 0 radical (unpaired) electrons. The Morgan fingerprint density at radius 2 is 1.87 bits per heavy atom. The number of allylic oxidation sites excluding steroid dienone is 1. The molecule has 0 saturated heterocycles. The van der Waals surface area contributed by atoms with Crippen LogP contribution in [0.3, 0.4) is 0 Å². The molecule has 1 aromatic rings. The summed E-state index contributed by atoms with van der Waals surface area (Å²) in [5, 5.41) is -0.478. The fourth-order valence-electron chi connectivity index (χ4n) is 0.990. The number of hydrogen-bond acceptors (Lipinski definition) is 0. The first-order valence-corrected chi connectivity index (χ1v) is 4.46. The standard InChI is InChI=1S/C9H4Cl2F4/c10-4-1-5(6(3-12)9(14)15)8(13)7(11)2-4/h1-3,9H. The second-order valence-electron chi connectivity index (χ2n) is 2.61. The van der Waals surface area contributed by atoms with E-state index in [-0.39, 0.29) is 11.4 Å². The third kappa shape index (κ3) is 2.63. The van der Waals surface area contributed by atoms with Gasteiger partial charge in [-0.1, -0.05) is 23.2 Å². The number of hydrogen-bond donors (Lipinski definition) is 0. The zero-order valence-corrected chi connectivity index (χ0v) is 8.59. The molecule has 0 aromatic heterocycles. The third-order valence-corrected chi connectivity index (χ3v) is 2.15. The molecule has 0 amide bonds. The molecule has 0 fully saturated rings. The molecule has 15 heavy (non-hydrogen) atoms. The number of rotatable bonds is 2. The fraction of sp³-hybridized carbons (Fsp3) is 0.111. The van der Waals surface area contributed by atoms with Crippen molar-refractivity contribution in [1.82, 2.24) is 0 Å². The van der Waals surface area contributed by atoms with E-state index >= 15 is 0 Å². The van der Waals surface area contributed by atoms with Crippen molar-refractivity contribution in [2.45, 2.75) is 6.43 Å². The Kier molecular flexibility index (Phi) is 3.99. The monoisotopic (exact) mass is 258 g/mol.